The quantitative estimate of drug-likeness (QED) is 0.416. The number of methoxy groups -OCH3 is 2. The molecule has 32 heavy (non-hydrogen) atoms. The Morgan fingerprint density at radius 3 is 2.34 bits per heavy atom. The number of hydrogen-bond donors (Lipinski definition) is 2. The van der Waals surface area contributed by atoms with Crippen LogP contribution in [0, 0.1) is 6.92 Å². The number of carbonyl (C=O) groups excluding carboxylic acids is 2. The molecule has 0 unspecified atom stereocenters. The Balaban J connectivity index is 1.55. The molecule has 3 aromatic carbocycles. The first kappa shape index (κ1) is 23.5. The second kappa shape index (κ2) is 10.9. The van der Waals surface area contributed by atoms with Gasteiger partial charge in [0.15, 0.2) is 11.5 Å². The van der Waals surface area contributed by atoms with E-state index in [-0.39, 0.29) is 17.6 Å². The molecule has 8 heteroatoms. The van der Waals surface area contributed by atoms with E-state index in [1.54, 1.807) is 49.6 Å². The molecular formula is C24H23ClN2O4S. The van der Waals surface area contributed by atoms with E-state index in [1.165, 1.54) is 18.9 Å². The zero-order valence-electron chi connectivity index (χ0n) is 17.9. The average Bonchev–Trinajstić information content (AvgIpc) is 2.81. The van der Waals surface area contributed by atoms with E-state index in [0.29, 0.717) is 33.5 Å². The minimum Gasteiger partial charge on any atom is -0.493 e. The van der Waals surface area contributed by atoms with Crippen molar-refractivity contribution in [1.29, 1.82) is 0 Å². The molecular weight excluding hydrogens is 448 g/mol. The topological polar surface area (TPSA) is 76.7 Å². The van der Waals surface area contributed by atoms with Gasteiger partial charge in [-0.25, -0.2) is 0 Å². The summed E-state index contributed by atoms with van der Waals surface area (Å²) in [7, 11) is 3.06. The SMILES string of the molecule is COc1ccc(C(=O)Nc2ccc(SCC(=O)Nc3cccc(Cl)c3C)cc2)cc1OC. The second-order valence-corrected chi connectivity index (χ2v) is 8.25. The van der Waals surface area contributed by atoms with Crippen molar-refractivity contribution in [3.63, 3.8) is 0 Å². The van der Waals surface area contributed by atoms with E-state index in [4.69, 9.17) is 21.1 Å². The molecule has 3 aromatic rings. The van der Waals surface area contributed by atoms with Gasteiger partial charge in [-0.2, -0.15) is 0 Å². The molecule has 0 radical (unpaired) electrons. The fourth-order valence-corrected chi connectivity index (χ4v) is 3.77. The third-order valence-electron chi connectivity index (χ3n) is 4.67. The first-order valence-corrected chi connectivity index (χ1v) is 11.1. The van der Waals surface area contributed by atoms with Crippen molar-refractivity contribution in [3.05, 3.63) is 76.8 Å². The third-order valence-corrected chi connectivity index (χ3v) is 6.09. The van der Waals surface area contributed by atoms with Crippen molar-refractivity contribution in [2.24, 2.45) is 0 Å². The van der Waals surface area contributed by atoms with Gasteiger partial charge >= 0.3 is 0 Å². The Kier molecular flexibility index (Phi) is 8.03. The van der Waals surface area contributed by atoms with E-state index in [0.717, 1.165) is 10.5 Å². The maximum absolute atomic E-state index is 12.5. The average molecular weight is 471 g/mol. The Bertz CT molecular complexity index is 1120. The molecule has 6 nitrogen and oxygen atoms in total. The number of rotatable bonds is 8. The number of benzene rings is 3. The highest BCUT2D eigenvalue weighted by Gasteiger charge is 2.12. The molecule has 166 valence electrons. The summed E-state index contributed by atoms with van der Waals surface area (Å²) in [5, 5.41) is 6.33. The number of amides is 2. The van der Waals surface area contributed by atoms with Crippen LogP contribution in [0.15, 0.2) is 65.6 Å². The summed E-state index contributed by atoms with van der Waals surface area (Å²) >= 11 is 7.49. The molecule has 0 fully saturated rings. The van der Waals surface area contributed by atoms with E-state index >= 15 is 0 Å². The summed E-state index contributed by atoms with van der Waals surface area (Å²) in [4.78, 5) is 25.7. The largest absolute Gasteiger partial charge is 0.493 e. The van der Waals surface area contributed by atoms with Crippen molar-refractivity contribution in [2.75, 3.05) is 30.6 Å². The molecule has 0 atom stereocenters. The minimum absolute atomic E-state index is 0.119. The van der Waals surface area contributed by atoms with Gasteiger partial charge in [-0.1, -0.05) is 17.7 Å². The zero-order valence-corrected chi connectivity index (χ0v) is 19.5. The van der Waals surface area contributed by atoms with Gasteiger partial charge in [-0.05, 0) is 67.1 Å². The van der Waals surface area contributed by atoms with Crippen LogP contribution in [0.4, 0.5) is 11.4 Å². The van der Waals surface area contributed by atoms with Crippen LogP contribution in [0.5, 0.6) is 11.5 Å². The first-order valence-electron chi connectivity index (χ1n) is 9.72. The Hall–Kier alpha value is -3.16. The molecule has 0 aliphatic heterocycles. The number of nitrogens with one attached hydrogen (secondary N) is 2. The van der Waals surface area contributed by atoms with Crippen LogP contribution in [0.1, 0.15) is 15.9 Å². The van der Waals surface area contributed by atoms with Gasteiger partial charge in [-0.3, -0.25) is 9.59 Å². The summed E-state index contributed by atoms with van der Waals surface area (Å²) in [6.07, 6.45) is 0. The van der Waals surface area contributed by atoms with E-state index in [2.05, 4.69) is 10.6 Å². The number of hydrogen-bond acceptors (Lipinski definition) is 5. The standard InChI is InChI=1S/C24H23ClN2O4S/c1-15-19(25)5-4-6-20(15)27-23(28)14-32-18-10-8-17(9-11-18)26-24(29)16-7-12-21(30-2)22(13-16)31-3/h4-13H,14H2,1-3H3,(H,26,29)(H,27,28). The molecule has 0 heterocycles. The van der Waals surface area contributed by atoms with Crippen molar-refractivity contribution in [3.8, 4) is 11.5 Å². The highest BCUT2D eigenvalue weighted by Crippen LogP contribution is 2.28. The minimum atomic E-state index is -0.261. The maximum Gasteiger partial charge on any atom is 0.255 e. The summed E-state index contributed by atoms with van der Waals surface area (Å²) in [5.41, 5.74) is 2.64. The van der Waals surface area contributed by atoms with E-state index in [9.17, 15) is 9.59 Å². The Labute approximate surface area is 196 Å². The van der Waals surface area contributed by atoms with Gasteiger partial charge < -0.3 is 20.1 Å². The normalized spacial score (nSPS) is 10.4. The van der Waals surface area contributed by atoms with Crippen molar-refractivity contribution < 1.29 is 19.1 Å². The molecule has 2 N–H and O–H groups in total. The number of ether oxygens (including phenoxy) is 2. The number of carbonyl (C=O) groups is 2. The molecule has 3 rings (SSSR count). The fourth-order valence-electron chi connectivity index (χ4n) is 2.89. The van der Waals surface area contributed by atoms with Gasteiger partial charge in [0.1, 0.15) is 0 Å². The van der Waals surface area contributed by atoms with Crippen LogP contribution in [0.3, 0.4) is 0 Å². The van der Waals surface area contributed by atoms with Crippen LogP contribution >= 0.6 is 23.4 Å². The van der Waals surface area contributed by atoms with E-state index < -0.39 is 0 Å². The van der Waals surface area contributed by atoms with E-state index in [1.807, 2.05) is 25.1 Å². The lowest BCUT2D eigenvalue weighted by molar-refractivity contribution is -0.113. The highest BCUT2D eigenvalue weighted by molar-refractivity contribution is 8.00. The van der Waals surface area contributed by atoms with Crippen LogP contribution in [-0.4, -0.2) is 31.8 Å². The van der Waals surface area contributed by atoms with Crippen LogP contribution in [0.25, 0.3) is 0 Å². The first-order chi connectivity index (χ1) is 15.4. The summed E-state index contributed by atoms with van der Waals surface area (Å²) in [6, 6.07) is 17.7. The number of thioether (sulfide) groups is 1. The van der Waals surface area contributed by atoms with Gasteiger partial charge in [-0.15, -0.1) is 11.8 Å². The highest BCUT2D eigenvalue weighted by atomic mass is 35.5. The lowest BCUT2D eigenvalue weighted by atomic mass is 10.2. The predicted octanol–water partition coefficient (Wildman–Crippen LogP) is 5.65. The molecule has 2 amide bonds. The van der Waals surface area contributed by atoms with Gasteiger partial charge in [0.25, 0.3) is 5.91 Å². The lowest BCUT2D eigenvalue weighted by Crippen LogP contribution is -2.14. The monoisotopic (exact) mass is 470 g/mol. The van der Waals surface area contributed by atoms with Gasteiger partial charge in [0.2, 0.25) is 5.91 Å². The third kappa shape index (κ3) is 5.96. The predicted molar refractivity (Wildman–Crippen MR) is 129 cm³/mol. The van der Waals surface area contributed by atoms with Crippen molar-refractivity contribution in [2.45, 2.75) is 11.8 Å². The van der Waals surface area contributed by atoms with Crippen molar-refractivity contribution in [1.82, 2.24) is 0 Å². The summed E-state index contributed by atoms with van der Waals surface area (Å²) in [6.45, 7) is 1.86. The van der Waals surface area contributed by atoms with Crippen LogP contribution in [0.2, 0.25) is 5.02 Å². The molecule has 0 bridgehead atoms. The molecule has 0 aliphatic carbocycles. The number of halogens is 1. The zero-order chi connectivity index (χ0) is 23.1. The molecule has 0 aromatic heterocycles. The summed E-state index contributed by atoms with van der Waals surface area (Å²) in [5.74, 6) is 0.912. The van der Waals surface area contributed by atoms with Crippen LogP contribution in [-0.2, 0) is 4.79 Å². The van der Waals surface area contributed by atoms with Crippen molar-refractivity contribution >= 4 is 46.6 Å². The smallest absolute Gasteiger partial charge is 0.255 e. The Morgan fingerprint density at radius 1 is 0.938 bits per heavy atom. The van der Waals surface area contributed by atoms with Gasteiger partial charge in [0, 0.05) is 26.9 Å². The van der Waals surface area contributed by atoms with Gasteiger partial charge in [0.05, 0.1) is 20.0 Å². The molecule has 0 spiro atoms. The Morgan fingerprint density at radius 2 is 1.66 bits per heavy atom. The number of anilines is 2. The van der Waals surface area contributed by atoms with Crippen LogP contribution < -0.4 is 20.1 Å². The lowest BCUT2D eigenvalue weighted by Gasteiger charge is -2.11. The molecule has 0 saturated heterocycles. The summed E-state index contributed by atoms with van der Waals surface area (Å²) < 4.78 is 10.4. The molecule has 0 saturated carbocycles. The molecule has 0 aliphatic rings. The second-order valence-electron chi connectivity index (χ2n) is 6.80. The fraction of sp³-hybridized carbons (Fsp3) is 0.167. The maximum atomic E-state index is 12.5.